The molecule has 0 aliphatic carbocycles. The monoisotopic (exact) mass is 462 g/mol. The summed E-state index contributed by atoms with van der Waals surface area (Å²) in [6.07, 6.45) is 7.66. The molecule has 174 valence electrons. The summed E-state index contributed by atoms with van der Waals surface area (Å²) in [5, 5.41) is 2.87. The lowest BCUT2D eigenvalue weighted by Gasteiger charge is -2.35. The second-order valence-electron chi connectivity index (χ2n) is 8.54. The van der Waals surface area contributed by atoms with Crippen LogP contribution in [0.3, 0.4) is 0 Å². The van der Waals surface area contributed by atoms with Crippen LogP contribution < -0.4 is 10.2 Å². The number of aryl methyl sites for hydroxylation is 1. The number of imidazole rings is 1. The summed E-state index contributed by atoms with van der Waals surface area (Å²) in [6, 6.07) is 0. The molecule has 32 heavy (non-hydrogen) atoms. The van der Waals surface area contributed by atoms with Crippen molar-refractivity contribution in [2.24, 2.45) is 0 Å². The van der Waals surface area contributed by atoms with Gasteiger partial charge in [0.1, 0.15) is 23.8 Å². The number of nitrogens with one attached hydrogen (secondary N) is 1. The largest absolute Gasteiger partial charge is 0.356 e. The van der Waals surface area contributed by atoms with Crippen LogP contribution in [0.25, 0.3) is 0 Å². The Kier molecular flexibility index (Phi) is 6.47. The smallest absolute Gasteiger partial charge is 0.264 e. The van der Waals surface area contributed by atoms with Gasteiger partial charge >= 0.3 is 0 Å². The number of amides is 1. The summed E-state index contributed by atoms with van der Waals surface area (Å²) in [5.74, 6) is 2.86. The van der Waals surface area contributed by atoms with Crippen LogP contribution in [0.5, 0.6) is 0 Å². The van der Waals surface area contributed by atoms with Gasteiger partial charge in [0, 0.05) is 43.7 Å². The van der Waals surface area contributed by atoms with E-state index in [9.17, 15) is 13.2 Å². The fourth-order valence-electron chi connectivity index (χ4n) is 4.55. The van der Waals surface area contributed by atoms with Crippen LogP contribution in [0.15, 0.2) is 12.5 Å². The molecular weight excluding hydrogens is 432 g/mol. The second kappa shape index (κ2) is 9.14. The number of carbonyl (C=O) groups excluding carboxylic acids is 1. The standard InChI is InChI=1S/C21H30N6O4S/c1-4-16-12-27(9-10-31-32(3,29)30)20(24-16)15-5-7-26(8-6-15)21-18-14(2)11-17(28)25-19(18)22-13-23-21/h12-15H,4-11H2,1-3H3,(H,22,23,25,28)/t14-/m1/s1. The molecule has 0 unspecified atom stereocenters. The quantitative estimate of drug-likeness (QED) is 0.621. The van der Waals surface area contributed by atoms with Crippen molar-refractivity contribution in [1.82, 2.24) is 19.5 Å². The Balaban J connectivity index is 1.47. The molecule has 2 aromatic rings. The molecule has 1 saturated heterocycles. The Hall–Kier alpha value is -2.53. The van der Waals surface area contributed by atoms with Crippen LogP contribution in [0.4, 0.5) is 11.6 Å². The first-order chi connectivity index (χ1) is 15.2. The maximum Gasteiger partial charge on any atom is 0.264 e. The van der Waals surface area contributed by atoms with Gasteiger partial charge < -0.3 is 14.8 Å². The highest BCUT2D eigenvalue weighted by atomic mass is 32.2. The number of fused-ring (bicyclic) bond motifs is 1. The zero-order valence-corrected chi connectivity index (χ0v) is 19.6. The number of hydrogen-bond acceptors (Lipinski definition) is 8. The number of nitrogens with zero attached hydrogens (tertiary/aromatic N) is 5. The Morgan fingerprint density at radius 3 is 2.69 bits per heavy atom. The molecule has 0 saturated carbocycles. The molecule has 0 bridgehead atoms. The van der Waals surface area contributed by atoms with E-state index in [1.165, 1.54) is 6.33 Å². The van der Waals surface area contributed by atoms with Gasteiger partial charge in [0.05, 0.1) is 18.6 Å². The van der Waals surface area contributed by atoms with Crippen LogP contribution >= 0.6 is 0 Å². The molecule has 1 amide bonds. The lowest BCUT2D eigenvalue weighted by Crippen LogP contribution is -2.36. The number of piperidine rings is 1. The molecule has 4 rings (SSSR count). The van der Waals surface area contributed by atoms with Crippen molar-refractivity contribution in [3.8, 4) is 0 Å². The zero-order chi connectivity index (χ0) is 22.9. The van der Waals surface area contributed by atoms with Crippen molar-refractivity contribution in [3.05, 3.63) is 29.6 Å². The Bertz CT molecular complexity index is 1090. The molecule has 0 spiro atoms. The van der Waals surface area contributed by atoms with E-state index in [0.717, 1.165) is 61.5 Å². The number of rotatable bonds is 7. The topological polar surface area (TPSA) is 119 Å². The zero-order valence-electron chi connectivity index (χ0n) is 18.7. The van der Waals surface area contributed by atoms with E-state index < -0.39 is 10.1 Å². The normalized spacial score (nSPS) is 19.7. The van der Waals surface area contributed by atoms with Crippen LogP contribution in [-0.4, -0.2) is 59.8 Å². The molecule has 0 radical (unpaired) electrons. The van der Waals surface area contributed by atoms with E-state index in [0.29, 0.717) is 18.8 Å². The van der Waals surface area contributed by atoms with Gasteiger partial charge in [0.2, 0.25) is 5.91 Å². The average molecular weight is 463 g/mol. The Morgan fingerprint density at radius 1 is 1.25 bits per heavy atom. The maximum atomic E-state index is 11.9. The first kappa shape index (κ1) is 22.7. The third-order valence-corrected chi connectivity index (χ3v) is 6.71. The van der Waals surface area contributed by atoms with Crippen molar-refractivity contribution in [2.75, 3.05) is 36.2 Å². The molecule has 11 heteroatoms. The predicted octanol–water partition coefficient (Wildman–Crippen LogP) is 2.04. The van der Waals surface area contributed by atoms with Crippen molar-refractivity contribution < 1.29 is 17.4 Å². The molecule has 2 aliphatic heterocycles. The van der Waals surface area contributed by atoms with Gasteiger partial charge in [0.25, 0.3) is 10.1 Å². The van der Waals surface area contributed by atoms with Gasteiger partial charge in [-0.3, -0.25) is 8.98 Å². The molecule has 1 N–H and O–H groups in total. The summed E-state index contributed by atoms with van der Waals surface area (Å²) in [6.45, 7) is 6.29. The van der Waals surface area contributed by atoms with Gasteiger partial charge in [0.15, 0.2) is 0 Å². The fourth-order valence-corrected chi connectivity index (χ4v) is 4.93. The third-order valence-electron chi connectivity index (χ3n) is 6.11. The highest BCUT2D eigenvalue weighted by molar-refractivity contribution is 7.85. The molecule has 10 nitrogen and oxygen atoms in total. The Labute approximate surface area is 188 Å². The average Bonchev–Trinajstić information content (AvgIpc) is 3.15. The first-order valence-electron chi connectivity index (χ1n) is 11.0. The lowest BCUT2D eigenvalue weighted by atomic mass is 9.92. The molecule has 2 aliphatic rings. The fraction of sp³-hybridized carbons (Fsp3) is 0.619. The number of aromatic nitrogens is 4. The summed E-state index contributed by atoms with van der Waals surface area (Å²) < 4.78 is 29.6. The second-order valence-corrected chi connectivity index (χ2v) is 10.2. The lowest BCUT2D eigenvalue weighted by molar-refractivity contribution is -0.116. The van der Waals surface area contributed by atoms with E-state index in [1.807, 2.05) is 17.7 Å². The minimum Gasteiger partial charge on any atom is -0.356 e. The van der Waals surface area contributed by atoms with Gasteiger partial charge in [-0.1, -0.05) is 13.8 Å². The molecule has 2 aromatic heterocycles. The summed E-state index contributed by atoms with van der Waals surface area (Å²) in [7, 11) is -3.46. The summed E-state index contributed by atoms with van der Waals surface area (Å²) >= 11 is 0. The molecule has 1 fully saturated rings. The van der Waals surface area contributed by atoms with Crippen molar-refractivity contribution >= 4 is 27.7 Å². The number of carbonyl (C=O) groups is 1. The van der Waals surface area contributed by atoms with Crippen molar-refractivity contribution in [1.29, 1.82) is 0 Å². The number of anilines is 2. The maximum absolute atomic E-state index is 11.9. The highest BCUT2D eigenvalue weighted by Crippen LogP contribution is 2.38. The van der Waals surface area contributed by atoms with Gasteiger partial charge in [-0.25, -0.2) is 15.0 Å². The minimum absolute atomic E-state index is 0.00762. The van der Waals surface area contributed by atoms with E-state index in [1.54, 1.807) is 0 Å². The summed E-state index contributed by atoms with van der Waals surface area (Å²) in [4.78, 5) is 27.8. The SMILES string of the molecule is CCc1cn(CCOS(C)(=O)=O)c(C2CCN(c3ncnc4c3[C@H](C)CC(=O)N4)CC2)n1. The van der Waals surface area contributed by atoms with Gasteiger partial charge in [-0.05, 0) is 25.2 Å². The van der Waals surface area contributed by atoms with Crippen LogP contribution in [0.2, 0.25) is 0 Å². The van der Waals surface area contributed by atoms with Crippen LogP contribution in [0, 0.1) is 0 Å². The molecule has 1 atom stereocenters. The van der Waals surface area contributed by atoms with E-state index in [4.69, 9.17) is 9.17 Å². The highest BCUT2D eigenvalue weighted by Gasteiger charge is 2.31. The molecular formula is C21H30N6O4S. The Morgan fingerprint density at radius 2 is 2.00 bits per heavy atom. The molecule has 4 heterocycles. The van der Waals surface area contributed by atoms with Crippen LogP contribution in [-0.2, 0) is 32.1 Å². The van der Waals surface area contributed by atoms with E-state index >= 15 is 0 Å². The van der Waals surface area contributed by atoms with Gasteiger partial charge in [-0.2, -0.15) is 8.42 Å². The summed E-state index contributed by atoms with van der Waals surface area (Å²) in [5.41, 5.74) is 2.01. The molecule has 0 aromatic carbocycles. The minimum atomic E-state index is -3.46. The predicted molar refractivity (Wildman–Crippen MR) is 120 cm³/mol. The van der Waals surface area contributed by atoms with E-state index in [-0.39, 0.29) is 24.3 Å². The van der Waals surface area contributed by atoms with E-state index in [2.05, 4.69) is 27.1 Å². The third kappa shape index (κ3) is 4.93. The van der Waals surface area contributed by atoms with Crippen molar-refractivity contribution in [3.63, 3.8) is 0 Å². The first-order valence-corrected chi connectivity index (χ1v) is 12.9. The number of hydrogen-bond donors (Lipinski definition) is 1. The van der Waals surface area contributed by atoms with Crippen LogP contribution in [0.1, 0.15) is 62.0 Å². The van der Waals surface area contributed by atoms with Crippen molar-refractivity contribution in [2.45, 2.75) is 57.9 Å². The van der Waals surface area contributed by atoms with Gasteiger partial charge in [-0.15, -0.1) is 0 Å².